The Morgan fingerprint density at radius 3 is 2.43 bits per heavy atom. The van der Waals surface area contributed by atoms with E-state index < -0.39 is 5.97 Å². The molecule has 2 fully saturated rings. The first kappa shape index (κ1) is 10.0. The van der Waals surface area contributed by atoms with Crippen molar-refractivity contribution in [2.24, 2.45) is 17.8 Å². The van der Waals surface area contributed by atoms with Crippen LogP contribution in [0, 0.1) is 17.8 Å². The molecule has 0 radical (unpaired) electrons. The van der Waals surface area contributed by atoms with E-state index in [1.165, 1.54) is 38.5 Å². The molecule has 80 valence electrons. The molecule has 2 aliphatic carbocycles. The fourth-order valence-electron chi connectivity index (χ4n) is 3.40. The minimum atomic E-state index is -0.609. The SMILES string of the molecule is O=C(O)CC1CCC(C2CCCC2)C1. The smallest absolute Gasteiger partial charge is 0.303 e. The van der Waals surface area contributed by atoms with Crippen LogP contribution in [0.25, 0.3) is 0 Å². The van der Waals surface area contributed by atoms with Crippen molar-refractivity contribution < 1.29 is 9.90 Å². The lowest BCUT2D eigenvalue weighted by atomic mass is 9.88. The zero-order valence-electron chi connectivity index (χ0n) is 8.74. The Hall–Kier alpha value is -0.530. The van der Waals surface area contributed by atoms with Gasteiger partial charge in [0, 0.05) is 6.42 Å². The topological polar surface area (TPSA) is 37.3 Å². The van der Waals surface area contributed by atoms with Crippen molar-refractivity contribution >= 4 is 5.97 Å². The highest BCUT2D eigenvalue weighted by Crippen LogP contribution is 2.43. The standard InChI is InChI=1S/C12H20O2/c13-12(14)8-9-5-6-11(7-9)10-3-1-2-4-10/h9-11H,1-8H2,(H,13,14). The molecule has 2 nitrogen and oxygen atoms in total. The lowest BCUT2D eigenvalue weighted by Gasteiger charge is -2.17. The Balaban J connectivity index is 1.78. The summed E-state index contributed by atoms with van der Waals surface area (Å²) < 4.78 is 0. The molecule has 0 spiro atoms. The highest BCUT2D eigenvalue weighted by atomic mass is 16.4. The van der Waals surface area contributed by atoms with Crippen LogP contribution in [0.2, 0.25) is 0 Å². The van der Waals surface area contributed by atoms with Crippen LogP contribution in [0.4, 0.5) is 0 Å². The van der Waals surface area contributed by atoms with Gasteiger partial charge in [0.25, 0.3) is 0 Å². The van der Waals surface area contributed by atoms with Crippen LogP contribution >= 0.6 is 0 Å². The van der Waals surface area contributed by atoms with E-state index in [2.05, 4.69) is 0 Å². The normalized spacial score (nSPS) is 33.7. The Kier molecular flexibility index (Phi) is 3.09. The molecule has 2 rings (SSSR count). The summed E-state index contributed by atoms with van der Waals surface area (Å²) in [6, 6.07) is 0. The highest BCUT2D eigenvalue weighted by molar-refractivity contribution is 5.67. The van der Waals surface area contributed by atoms with E-state index in [1.54, 1.807) is 0 Å². The highest BCUT2D eigenvalue weighted by Gasteiger charge is 2.32. The van der Waals surface area contributed by atoms with Crippen molar-refractivity contribution in [3.63, 3.8) is 0 Å². The van der Waals surface area contributed by atoms with Crippen LogP contribution in [0.3, 0.4) is 0 Å². The van der Waals surface area contributed by atoms with E-state index in [-0.39, 0.29) is 0 Å². The lowest BCUT2D eigenvalue weighted by molar-refractivity contribution is -0.138. The van der Waals surface area contributed by atoms with Gasteiger partial charge < -0.3 is 5.11 Å². The molecule has 2 aliphatic rings. The number of hydrogen-bond acceptors (Lipinski definition) is 1. The van der Waals surface area contributed by atoms with Crippen molar-refractivity contribution in [1.82, 2.24) is 0 Å². The first-order valence-electron chi connectivity index (χ1n) is 5.97. The summed E-state index contributed by atoms with van der Waals surface area (Å²) in [7, 11) is 0. The maximum absolute atomic E-state index is 10.6. The summed E-state index contributed by atoms with van der Waals surface area (Å²) in [5.41, 5.74) is 0. The van der Waals surface area contributed by atoms with Gasteiger partial charge in [-0.15, -0.1) is 0 Å². The molecule has 14 heavy (non-hydrogen) atoms. The average molecular weight is 196 g/mol. The van der Waals surface area contributed by atoms with E-state index in [4.69, 9.17) is 5.11 Å². The van der Waals surface area contributed by atoms with Gasteiger partial charge in [-0.3, -0.25) is 4.79 Å². The largest absolute Gasteiger partial charge is 0.481 e. The first-order valence-corrected chi connectivity index (χ1v) is 5.97. The van der Waals surface area contributed by atoms with Gasteiger partial charge in [0.1, 0.15) is 0 Å². The molecule has 0 bridgehead atoms. The van der Waals surface area contributed by atoms with Crippen LogP contribution < -0.4 is 0 Å². The maximum Gasteiger partial charge on any atom is 0.303 e. The molecule has 0 amide bonds. The number of aliphatic carboxylic acids is 1. The van der Waals surface area contributed by atoms with E-state index >= 15 is 0 Å². The van der Waals surface area contributed by atoms with Gasteiger partial charge in [-0.25, -0.2) is 0 Å². The number of carboxylic acids is 1. The van der Waals surface area contributed by atoms with Crippen molar-refractivity contribution in [1.29, 1.82) is 0 Å². The molecule has 0 saturated heterocycles. The Labute approximate surface area is 85.7 Å². The van der Waals surface area contributed by atoms with Crippen molar-refractivity contribution in [3.05, 3.63) is 0 Å². The second-order valence-electron chi connectivity index (χ2n) is 5.08. The van der Waals surface area contributed by atoms with E-state index in [9.17, 15) is 4.79 Å². The summed E-state index contributed by atoms with van der Waals surface area (Å²) in [4.78, 5) is 10.6. The van der Waals surface area contributed by atoms with E-state index in [0.717, 1.165) is 18.3 Å². The molecular formula is C12H20O2. The van der Waals surface area contributed by atoms with Crippen LogP contribution in [-0.2, 0) is 4.79 Å². The Morgan fingerprint density at radius 1 is 1.07 bits per heavy atom. The van der Waals surface area contributed by atoms with Gasteiger partial charge in [0.2, 0.25) is 0 Å². The van der Waals surface area contributed by atoms with Gasteiger partial charge in [-0.1, -0.05) is 25.7 Å². The second kappa shape index (κ2) is 4.33. The zero-order chi connectivity index (χ0) is 9.97. The minimum Gasteiger partial charge on any atom is -0.481 e. The molecule has 2 heteroatoms. The fourth-order valence-corrected chi connectivity index (χ4v) is 3.40. The third kappa shape index (κ3) is 2.28. The summed E-state index contributed by atoms with van der Waals surface area (Å²) in [5.74, 6) is 1.68. The third-order valence-electron chi connectivity index (χ3n) is 4.11. The number of carboxylic acid groups (broad SMARTS) is 1. The number of rotatable bonds is 3. The van der Waals surface area contributed by atoms with Crippen LogP contribution in [0.5, 0.6) is 0 Å². The number of carbonyl (C=O) groups is 1. The molecule has 0 heterocycles. The summed E-state index contributed by atoms with van der Waals surface area (Å²) >= 11 is 0. The lowest BCUT2D eigenvalue weighted by Crippen LogP contribution is -2.09. The number of hydrogen-bond donors (Lipinski definition) is 1. The molecule has 2 unspecified atom stereocenters. The van der Waals surface area contributed by atoms with Crippen LogP contribution in [0.15, 0.2) is 0 Å². The van der Waals surface area contributed by atoms with Crippen molar-refractivity contribution in [2.45, 2.75) is 51.4 Å². The predicted molar refractivity (Wildman–Crippen MR) is 55.0 cm³/mol. The molecule has 2 atom stereocenters. The van der Waals surface area contributed by atoms with Gasteiger partial charge in [-0.2, -0.15) is 0 Å². The molecule has 0 aliphatic heterocycles. The third-order valence-corrected chi connectivity index (χ3v) is 4.11. The quantitative estimate of drug-likeness (QED) is 0.753. The molecule has 0 aromatic carbocycles. The predicted octanol–water partition coefficient (Wildman–Crippen LogP) is 3.07. The fraction of sp³-hybridized carbons (Fsp3) is 0.917. The van der Waals surface area contributed by atoms with Gasteiger partial charge >= 0.3 is 5.97 Å². The average Bonchev–Trinajstić information content (AvgIpc) is 2.69. The molecular weight excluding hydrogens is 176 g/mol. The van der Waals surface area contributed by atoms with Crippen LogP contribution in [0.1, 0.15) is 51.4 Å². The molecule has 0 aromatic rings. The summed E-state index contributed by atoms with van der Waals surface area (Å²) in [6.07, 6.45) is 9.68. The van der Waals surface area contributed by atoms with Crippen molar-refractivity contribution in [3.8, 4) is 0 Å². The molecule has 0 aromatic heterocycles. The monoisotopic (exact) mass is 196 g/mol. The summed E-state index contributed by atoms with van der Waals surface area (Å²) in [5, 5.41) is 8.73. The first-order chi connectivity index (χ1) is 6.75. The van der Waals surface area contributed by atoms with Gasteiger partial charge in [-0.05, 0) is 37.0 Å². The van der Waals surface area contributed by atoms with Gasteiger partial charge in [0.15, 0.2) is 0 Å². The molecule has 1 N–H and O–H groups in total. The van der Waals surface area contributed by atoms with Crippen LogP contribution in [-0.4, -0.2) is 11.1 Å². The van der Waals surface area contributed by atoms with E-state index in [1.807, 2.05) is 0 Å². The van der Waals surface area contributed by atoms with Crippen molar-refractivity contribution in [2.75, 3.05) is 0 Å². The minimum absolute atomic E-state index is 0.406. The Bertz CT molecular complexity index is 206. The van der Waals surface area contributed by atoms with E-state index in [0.29, 0.717) is 12.3 Å². The summed E-state index contributed by atoms with van der Waals surface area (Å²) in [6.45, 7) is 0. The Morgan fingerprint density at radius 2 is 1.79 bits per heavy atom. The zero-order valence-corrected chi connectivity index (χ0v) is 8.74. The second-order valence-corrected chi connectivity index (χ2v) is 5.08. The maximum atomic E-state index is 10.6. The van der Waals surface area contributed by atoms with Gasteiger partial charge in [0.05, 0.1) is 0 Å². The molecule has 2 saturated carbocycles.